The van der Waals surface area contributed by atoms with Gasteiger partial charge in [0.05, 0.1) is 0 Å². The number of allylic oxidation sites excluding steroid dienone is 1. The zero-order valence-corrected chi connectivity index (χ0v) is 8.98. The number of ketones is 1. The van der Waals surface area contributed by atoms with E-state index in [1.54, 1.807) is 12.4 Å². The molecule has 0 radical (unpaired) electrons. The molecular weight excluding hydrogens is 186 g/mol. The van der Waals surface area contributed by atoms with Gasteiger partial charge in [-0.25, -0.2) is 0 Å². The monoisotopic (exact) mass is 203 g/mol. The third kappa shape index (κ3) is 5.11. The molecule has 0 N–H and O–H groups in total. The maximum Gasteiger partial charge on any atom is 0.133 e. The molecule has 80 valence electrons. The molecule has 0 unspecified atom stereocenters. The van der Waals surface area contributed by atoms with Crippen LogP contribution in [-0.2, 0) is 11.2 Å². The lowest BCUT2D eigenvalue weighted by Crippen LogP contribution is -1.99. The standard InChI is InChI=1S/C13H17NO/c1-2-3-4-5-13(15)7-6-12-8-10-14-11-9-12/h2,8-11H,1,3-7H2. The van der Waals surface area contributed by atoms with E-state index in [-0.39, 0.29) is 0 Å². The molecule has 1 aromatic rings. The van der Waals surface area contributed by atoms with Crippen molar-refractivity contribution in [1.29, 1.82) is 0 Å². The summed E-state index contributed by atoms with van der Waals surface area (Å²) in [5.74, 6) is 0.341. The van der Waals surface area contributed by atoms with E-state index in [0.29, 0.717) is 18.6 Å². The summed E-state index contributed by atoms with van der Waals surface area (Å²) in [4.78, 5) is 15.4. The summed E-state index contributed by atoms with van der Waals surface area (Å²) in [5.41, 5.74) is 1.18. The van der Waals surface area contributed by atoms with Crippen LogP contribution < -0.4 is 0 Å². The number of aryl methyl sites for hydroxylation is 1. The molecule has 0 aliphatic carbocycles. The van der Waals surface area contributed by atoms with Crippen LogP contribution in [-0.4, -0.2) is 10.8 Å². The first-order valence-electron chi connectivity index (χ1n) is 5.34. The second kappa shape index (κ2) is 6.93. The minimum absolute atomic E-state index is 0.341. The largest absolute Gasteiger partial charge is 0.300 e. The minimum atomic E-state index is 0.341. The Kier molecular flexibility index (Phi) is 5.38. The van der Waals surface area contributed by atoms with E-state index in [2.05, 4.69) is 11.6 Å². The first-order chi connectivity index (χ1) is 7.33. The Morgan fingerprint density at radius 2 is 2.07 bits per heavy atom. The van der Waals surface area contributed by atoms with Crippen LogP contribution in [0.5, 0.6) is 0 Å². The fourth-order valence-corrected chi connectivity index (χ4v) is 1.40. The number of aromatic nitrogens is 1. The first-order valence-corrected chi connectivity index (χ1v) is 5.34. The van der Waals surface area contributed by atoms with Crippen LogP contribution >= 0.6 is 0 Å². The van der Waals surface area contributed by atoms with Crippen LogP contribution in [0.15, 0.2) is 37.2 Å². The van der Waals surface area contributed by atoms with Crippen molar-refractivity contribution in [3.05, 3.63) is 42.7 Å². The van der Waals surface area contributed by atoms with Crippen LogP contribution in [0.4, 0.5) is 0 Å². The zero-order valence-electron chi connectivity index (χ0n) is 8.98. The van der Waals surface area contributed by atoms with Gasteiger partial charge in [0.2, 0.25) is 0 Å². The molecule has 0 aliphatic heterocycles. The molecule has 2 heteroatoms. The van der Waals surface area contributed by atoms with Gasteiger partial charge in [0.1, 0.15) is 5.78 Å². The molecule has 0 fully saturated rings. The molecule has 0 spiro atoms. The summed E-state index contributed by atoms with van der Waals surface area (Å²) in [6, 6.07) is 3.91. The molecular formula is C13H17NO. The summed E-state index contributed by atoms with van der Waals surface area (Å²) in [6.45, 7) is 3.63. The van der Waals surface area contributed by atoms with Crippen molar-refractivity contribution in [2.24, 2.45) is 0 Å². The van der Waals surface area contributed by atoms with Crippen LogP contribution in [0.25, 0.3) is 0 Å². The Bertz CT molecular complexity index is 306. The predicted octanol–water partition coefficient (Wildman–Crippen LogP) is 2.94. The van der Waals surface area contributed by atoms with Gasteiger partial charge in [-0.05, 0) is 37.0 Å². The maximum atomic E-state index is 11.4. The predicted molar refractivity (Wildman–Crippen MR) is 61.6 cm³/mol. The number of hydrogen-bond acceptors (Lipinski definition) is 2. The van der Waals surface area contributed by atoms with Gasteiger partial charge in [0.25, 0.3) is 0 Å². The highest BCUT2D eigenvalue weighted by Crippen LogP contribution is 2.05. The highest BCUT2D eigenvalue weighted by Gasteiger charge is 2.01. The van der Waals surface area contributed by atoms with Gasteiger partial charge in [-0.2, -0.15) is 0 Å². The van der Waals surface area contributed by atoms with E-state index in [1.807, 2.05) is 18.2 Å². The Hall–Kier alpha value is -1.44. The average molecular weight is 203 g/mol. The number of rotatable bonds is 7. The summed E-state index contributed by atoms with van der Waals surface area (Å²) in [5, 5.41) is 0. The van der Waals surface area contributed by atoms with Crippen LogP contribution in [0.3, 0.4) is 0 Å². The van der Waals surface area contributed by atoms with E-state index in [1.165, 1.54) is 5.56 Å². The van der Waals surface area contributed by atoms with Crippen molar-refractivity contribution in [3.63, 3.8) is 0 Å². The van der Waals surface area contributed by atoms with Crippen LogP contribution in [0.2, 0.25) is 0 Å². The molecule has 0 aromatic carbocycles. The molecule has 0 aliphatic rings. The van der Waals surface area contributed by atoms with Crippen molar-refractivity contribution in [3.8, 4) is 0 Å². The van der Waals surface area contributed by atoms with Gasteiger partial charge >= 0.3 is 0 Å². The van der Waals surface area contributed by atoms with Crippen molar-refractivity contribution in [2.75, 3.05) is 0 Å². The summed E-state index contributed by atoms with van der Waals surface area (Å²) in [7, 11) is 0. The van der Waals surface area contributed by atoms with E-state index in [0.717, 1.165) is 19.3 Å². The SMILES string of the molecule is C=CCCCC(=O)CCc1ccncc1. The smallest absolute Gasteiger partial charge is 0.133 e. The number of pyridine rings is 1. The Labute approximate surface area is 91.0 Å². The van der Waals surface area contributed by atoms with Gasteiger partial charge in [0.15, 0.2) is 0 Å². The molecule has 1 rings (SSSR count). The second-order valence-electron chi connectivity index (χ2n) is 3.58. The van der Waals surface area contributed by atoms with E-state index >= 15 is 0 Å². The van der Waals surface area contributed by atoms with Gasteiger partial charge < -0.3 is 0 Å². The summed E-state index contributed by atoms with van der Waals surface area (Å²) in [6.07, 6.45) is 9.39. The fraction of sp³-hybridized carbons (Fsp3) is 0.385. The zero-order chi connectivity index (χ0) is 10.9. The Morgan fingerprint density at radius 1 is 1.33 bits per heavy atom. The lowest BCUT2D eigenvalue weighted by molar-refractivity contribution is -0.119. The second-order valence-corrected chi connectivity index (χ2v) is 3.58. The quantitative estimate of drug-likeness (QED) is 0.503. The first kappa shape index (κ1) is 11.6. The van der Waals surface area contributed by atoms with Crippen molar-refractivity contribution in [2.45, 2.75) is 32.1 Å². The van der Waals surface area contributed by atoms with Gasteiger partial charge in [-0.15, -0.1) is 6.58 Å². The van der Waals surface area contributed by atoms with Crippen molar-refractivity contribution < 1.29 is 4.79 Å². The molecule has 2 nitrogen and oxygen atoms in total. The molecule has 0 saturated carbocycles. The molecule has 0 atom stereocenters. The molecule has 1 aromatic heterocycles. The Morgan fingerprint density at radius 3 is 2.73 bits per heavy atom. The maximum absolute atomic E-state index is 11.4. The van der Waals surface area contributed by atoms with Crippen LogP contribution in [0, 0.1) is 0 Å². The number of unbranched alkanes of at least 4 members (excludes halogenated alkanes) is 1. The molecule has 1 heterocycles. The number of Topliss-reactive ketones (excluding diaryl/α,β-unsaturated/α-hetero) is 1. The minimum Gasteiger partial charge on any atom is -0.300 e. The summed E-state index contributed by atoms with van der Waals surface area (Å²) >= 11 is 0. The normalized spacial score (nSPS) is 9.87. The molecule has 0 bridgehead atoms. The summed E-state index contributed by atoms with van der Waals surface area (Å²) < 4.78 is 0. The lowest BCUT2D eigenvalue weighted by Gasteiger charge is -2.00. The van der Waals surface area contributed by atoms with Crippen molar-refractivity contribution in [1.82, 2.24) is 4.98 Å². The highest BCUT2D eigenvalue weighted by molar-refractivity contribution is 5.78. The lowest BCUT2D eigenvalue weighted by atomic mass is 10.1. The highest BCUT2D eigenvalue weighted by atomic mass is 16.1. The van der Waals surface area contributed by atoms with Gasteiger partial charge in [-0.1, -0.05) is 6.08 Å². The number of hydrogen-bond donors (Lipinski definition) is 0. The van der Waals surface area contributed by atoms with E-state index in [9.17, 15) is 4.79 Å². The van der Waals surface area contributed by atoms with E-state index in [4.69, 9.17) is 0 Å². The topological polar surface area (TPSA) is 30.0 Å². The van der Waals surface area contributed by atoms with E-state index < -0.39 is 0 Å². The average Bonchev–Trinajstić information content (AvgIpc) is 2.28. The van der Waals surface area contributed by atoms with Gasteiger partial charge in [0, 0.05) is 25.2 Å². The molecule has 15 heavy (non-hydrogen) atoms. The van der Waals surface area contributed by atoms with Crippen molar-refractivity contribution >= 4 is 5.78 Å². The fourth-order valence-electron chi connectivity index (χ4n) is 1.40. The number of nitrogens with zero attached hydrogens (tertiary/aromatic N) is 1. The van der Waals surface area contributed by atoms with Crippen LogP contribution in [0.1, 0.15) is 31.2 Å². The third-order valence-electron chi connectivity index (χ3n) is 2.31. The third-order valence-corrected chi connectivity index (χ3v) is 2.31. The number of carbonyl (C=O) groups excluding carboxylic acids is 1. The number of carbonyl (C=O) groups is 1. The van der Waals surface area contributed by atoms with Gasteiger partial charge in [-0.3, -0.25) is 9.78 Å². The Balaban J connectivity index is 2.20. The molecule has 0 saturated heterocycles. The molecule has 0 amide bonds.